The molecule has 0 radical (unpaired) electrons. The molecule has 128 valence electrons. The molecule has 0 bridgehead atoms. The Kier molecular flexibility index (Phi) is 5.28. The van der Waals surface area contributed by atoms with Gasteiger partial charge in [-0.3, -0.25) is 4.79 Å². The van der Waals surface area contributed by atoms with Crippen molar-refractivity contribution in [1.82, 2.24) is 19.7 Å². The second kappa shape index (κ2) is 7.60. The van der Waals surface area contributed by atoms with E-state index in [9.17, 15) is 4.79 Å². The van der Waals surface area contributed by atoms with Crippen LogP contribution in [0, 0.1) is 0 Å². The fourth-order valence-electron chi connectivity index (χ4n) is 3.40. The smallest absolute Gasteiger partial charge is 0.253 e. The number of benzene rings is 1. The van der Waals surface area contributed by atoms with Gasteiger partial charge in [-0.2, -0.15) is 0 Å². The molecule has 5 nitrogen and oxygen atoms in total. The minimum Gasteiger partial charge on any atom is -0.339 e. The summed E-state index contributed by atoms with van der Waals surface area (Å²) in [4.78, 5) is 14.6. The lowest BCUT2D eigenvalue weighted by Gasteiger charge is -2.31. The Hall–Kier alpha value is -2.17. The van der Waals surface area contributed by atoms with Gasteiger partial charge in [0.1, 0.15) is 12.2 Å². The van der Waals surface area contributed by atoms with E-state index in [0.29, 0.717) is 5.92 Å². The summed E-state index contributed by atoms with van der Waals surface area (Å²) in [5.41, 5.74) is 2.06. The highest BCUT2D eigenvalue weighted by atomic mass is 16.2. The molecule has 1 aromatic heterocycles. The molecule has 5 heteroatoms. The summed E-state index contributed by atoms with van der Waals surface area (Å²) >= 11 is 0. The first kappa shape index (κ1) is 16.7. The molecule has 1 aliphatic rings. The second-order valence-corrected chi connectivity index (χ2v) is 6.50. The zero-order valence-electron chi connectivity index (χ0n) is 14.6. The van der Waals surface area contributed by atoms with Crippen LogP contribution in [-0.2, 0) is 13.0 Å². The van der Waals surface area contributed by atoms with Gasteiger partial charge in [-0.15, -0.1) is 10.2 Å². The summed E-state index contributed by atoms with van der Waals surface area (Å²) in [5, 5.41) is 8.38. The number of aromatic nitrogens is 3. The third kappa shape index (κ3) is 3.50. The maximum Gasteiger partial charge on any atom is 0.253 e. The molecule has 0 atom stereocenters. The third-order valence-corrected chi connectivity index (χ3v) is 4.87. The van der Waals surface area contributed by atoms with Gasteiger partial charge in [0, 0.05) is 31.1 Å². The molecular formula is C19H26N4O. The summed E-state index contributed by atoms with van der Waals surface area (Å²) in [5.74, 6) is 1.63. The summed E-state index contributed by atoms with van der Waals surface area (Å²) in [6.45, 7) is 6.83. The summed E-state index contributed by atoms with van der Waals surface area (Å²) < 4.78 is 2.16. The number of amides is 1. The van der Waals surface area contributed by atoms with E-state index in [1.54, 1.807) is 0 Å². The van der Waals surface area contributed by atoms with Crippen LogP contribution in [0.1, 0.15) is 60.8 Å². The van der Waals surface area contributed by atoms with Crippen molar-refractivity contribution in [3.63, 3.8) is 0 Å². The van der Waals surface area contributed by atoms with Crippen molar-refractivity contribution in [3.8, 4) is 0 Å². The lowest BCUT2D eigenvalue weighted by Crippen LogP contribution is -2.38. The van der Waals surface area contributed by atoms with Crippen LogP contribution in [0.5, 0.6) is 0 Å². The molecule has 2 aromatic rings. The Morgan fingerprint density at radius 1 is 1.17 bits per heavy atom. The van der Waals surface area contributed by atoms with Crippen LogP contribution in [0.25, 0.3) is 0 Å². The normalized spacial score (nSPS) is 15.7. The van der Waals surface area contributed by atoms with Gasteiger partial charge in [-0.25, -0.2) is 0 Å². The minimum absolute atomic E-state index is 0.145. The van der Waals surface area contributed by atoms with Gasteiger partial charge in [0.2, 0.25) is 0 Å². The molecule has 1 aromatic carbocycles. The number of carbonyl (C=O) groups is 1. The zero-order valence-corrected chi connectivity index (χ0v) is 14.6. The van der Waals surface area contributed by atoms with Gasteiger partial charge in [0.25, 0.3) is 5.91 Å². The van der Waals surface area contributed by atoms with Crippen molar-refractivity contribution >= 4 is 5.91 Å². The Morgan fingerprint density at radius 3 is 2.50 bits per heavy atom. The quantitative estimate of drug-likeness (QED) is 0.847. The predicted molar refractivity (Wildman–Crippen MR) is 94.0 cm³/mol. The summed E-state index contributed by atoms with van der Waals surface area (Å²) in [7, 11) is 0. The first-order valence-corrected chi connectivity index (χ1v) is 8.98. The van der Waals surface area contributed by atoms with E-state index in [1.165, 1.54) is 5.56 Å². The molecule has 0 N–H and O–H groups in total. The number of aryl methyl sites for hydroxylation is 2. The number of nitrogens with zero attached hydrogens (tertiary/aromatic N) is 4. The largest absolute Gasteiger partial charge is 0.339 e. The van der Waals surface area contributed by atoms with Crippen molar-refractivity contribution in [3.05, 3.63) is 47.5 Å². The molecule has 0 aliphatic carbocycles. The van der Waals surface area contributed by atoms with Gasteiger partial charge in [0.15, 0.2) is 0 Å². The van der Waals surface area contributed by atoms with Gasteiger partial charge >= 0.3 is 0 Å². The minimum atomic E-state index is 0.145. The number of hydrogen-bond donors (Lipinski definition) is 0. The molecule has 1 fully saturated rings. The van der Waals surface area contributed by atoms with E-state index >= 15 is 0 Å². The molecule has 0 spiro atoms. The predicted octanol–water partition coefficient (Wildman–Crippen LogP) is 3.27. The van der Waals surface area contributed by atoms with Crippen LogP contribution in [0.15, 0.2) is 30.6 Å². The molecule has 24 heavy (non-hydrogen) atoms. The lowest BCUT2D eigenvalue weighted by atomic mass is 9.95. The summed E-state index contributed by atoms with van der Waals surface area (Å²) in [6.07, 6.45) is 5.82. The molecule has 1 saturated heterocycles. The first-order valence-electron chi connectivity index (χ1n) is 8.98. The third-order valence-electron chi connectivity index (χ3n) is 4.87. The SMILES string of the molecule is CCCn1cnnc1C1CCN(C(=O)c2ccc(CC)cc2)CC1. The number of piperidine rings is 1. The van der Waals surface area contributed by atoms with Gasteiger partial charge < -0.3 is 9.47 Å². The lowest BCUT2D eigenvalue weighted by molar-refractivity contribution is 0.0710. The molecule has 0 unspecified atom stereocenters. The Bertz CT molecular complexity index is 669. The van der Waals surface area contributed by atoms with Gasteiger partial charge in [-0.05, 0) is 43.4 Å². The Balaban J connectivity index is 1.61. The van der Waals surface area contributed by atoms with Crippen LogP contribution in [-0.4, -0.2) is 38.7 Å². The molecule has 1 amide bonds. The highest BCUT2D eigenvalue weighted by molar-refractivity contribution is 5.94. The van der Waals surface area contributed by atoms with Crippen LogP contribution >= 0.6 is 0 Å². The molecule has 2 heterocycles. The highest BCUT2D eigenvalue weighted by Gasteiger charge is 2.27. The maximum absolute atomic E-state index is 12.7. The van der Waals surface area contributed by atoms with Crippen LogP contribution in [0.4, 0.5) is 0 Å². The number of hydrogen-bond acceptors (Lipinski definition) is 3. The van der Waals surface area contributed by atoms with E-state index in [-0.39, 0.29) is 5.91 Å². The fourth-order valence-corrected chi connectivity index (χ4v) is 3.40. The Morgan fingerprint density at radius 2 is 1.88 bits per heavy atom. The molecular weight excluding hydrogens is 300 g/mol. The van der Waals surface area contributed by atoms with Crippen LogP contribution in [0.2, 0.25) is 0 Å². The van der Waals surface area contributed by atoms with Gasteiger partial charge in [0.05, 0.1) is 0 Å². The molecule has 0 saturated carbocycles. The van der Waals surface area contributed by atoms with E-state index in [1.807, 2.05) is 35.5 Å². The summed E-state index contributed by atoms with van der Waals surface area (Å²) in [6, 6.07) is 8.00. The standard InChI is InChI=1S/C19H26N4O/c1-3-11-23-14-20-21-18(23)16-9-12-22(13-10-16)19(24)17-7-5-15(4-2)6-8-17/h5-8,14,16H,3-4,9-13H2,1-2H3. The Labute approximate surface area is 143 Å². The number of rotatable bonds is 5. The number of carbonyl (C=O) groups excluding carboxylic acids is 1. The number of likely N-dealkylation sites (tertiary alicyclic amines) is 1. The van der Waals surface area contributed by atoms with E-state index in [0.717, 1.165) is 56.7 Å². The van der Waals surface area contributed by atoms with Crippen molar-refractivity contribution in [1.29, 1.82) is 0 Å². The average molecular weight is 326 g/mol. The van der Waals surface area contributed by atoms with Crippen molar-refractivity contribution in [2.45, 2.75) is 52.0 Å². The highest BCUT2D eigenvalue weighted by Crippen LogP contribution is 2.27. The van der Waals surface area contributed by atoms with Crippen LogP contribution < -0.4 is 0 Å². The monoisotopic (exact) mass is 326 g/mol. The molecule has 3 rings (SSSR count). The van der Waals surface area contributed by atoms with E-state index in [4.69, 9.17) is 0 Å². The molecule has 1 aliphatic heterocycles. The van der Waals surface area contributed by atoms with E-state index in [2.05, 4.69) is 28.6 Å². The second-order valence-electron chi connectivity index (χ2n) is 6.50. The maximum atomic E-state index is 12.7. The fraction of sp³-hybridized carbons (Fsp3) is 0.526. The van der Waals surface area contributed by atoms with Crippen molar-refractivity contribution < 1.29 is 4.79 Å². The topological polar surface area (TPSA) is 51.0 Å². The van der Waals surface area contributed by atoms with Gasteiger partial charge in [-0.1, -0.05) is 26.0 Å². The van der Waals surface area contributed by atoms with E-state index < -0.39 is 0 Å². The van der Waals surface area contributed by atoms with Crippen molar-refractivity contribution in [2.75, 3.05) is 13.1 Å². The zero-order chi connectivity index (χ0) is 16.9. The first-order chi connectivity index (χ1) is 11.7. The van der Waals surface area contributed by atoms with Crippen LogP contribution in [0.3, 0.4) is 0 Å². The average Bonchev–Trinajstić information content (AvgIpc) is 3.10. The van der Waals surface area contributed by atoms with Crippen molar-refractivity contribution in [2.24, 2.45) is 0 Å².